The molecule has 1 heterocycles. The summed E-state index contributed by atoms with van der Waals surface area (Å²) in [6, 6.07) is 0.871. The maximum absolute atomic E-state index is 12.3. The van der Waals surface area contributed by atoms with Gasteiger partial charge in [0, 0.05) is 32.1 Å². The number of piperidine rings is 1. The van der Waals surface area contributed by atoms with Crippen molar-refractivity contribution in [1.29, 1.82) is 0 Å². The van der Waals surface area contributed by atoms with E-state index in [1.54, 1.807) is 0 Å². The van der Waals surface area contributed by atoms with Gasteiger partial charge in [-0.1, -0.05) is 33.6 Å². The number of hydrogen-bond donors (Lipinski definition) is 0. The highest BCUT2D eigenvalue weighted by Gasteiger charge is 2.61. The van der Waals surface area contributed by atoms with Crippen LogP contribution in [0.15, 0.2) is 0 Å². The van der Waals surface area contributed by atoms with Crippen LogP contribution in [-0.4, -0.2) is 47.8 Å². The molecule has 2 amide bonds. The highest BCUT2D eigenvalue weighted by atomic mass is 16.2. The zero-order valence-electron chi connectivity index (χ0n) is 19.2. The molecule has 4 heteroatoms. The van der Waals surface area contributed by atoms with E-state index >= 15 is 0 Å². The van der Waals surface area contributed by atoms with E-state index < -0.39 is 0 Å². The van der Waals surface area contributed by atoms with Crippen molar-refractivity contribution in [3.05, 3.63) is 0 Å². The third-order valence-electron chi connectivity index (χ3n) is 10.1. The maximum atomic E-state index is 12.3. The van der Waals surface area contributed by atoms with Crippen LogP contribution in [0.5, 0.6) is 0 Å². The van der Waals surface area contributed by atoms with E-state index in [0.717, 1.165) is 50.0 Å². The van der Waals surface area contributed by atoms with Gasteiger partial charge in [0.1, 0.15) is 0 Å². The summed E-state index contributed by atoms with van der Waals surface area (Å²) in [6.45, 7) is 8.17. The van der Waals surface area contributed by atoms with Crippen molar-refractivity contribution < 1.29 is 9.59 Å². The zero-order chi connectivity index (χ0) is 20.8. The SMILES string of the molecule is CCCCCN(C=O)C1CC[C@H]2[C@@H]3CCC4N(C)C(=O)CC[C@]4(C)[C@@H]3CC[C@]12C. The maximum Gasteiger partial charge on any atom is 0.222 e. The molecule has 4 fully saturated rings. The number of nitrogens with zero attached hydrogens (tertiary/aromatic N) is 2. The fourth-order valence-corrected chi connectivity index (χ4v) is 8.49. The first kappa shape index (κ1) is 21.2. The summed E-state index contributed by atoms with van der Waals surface area (Å²) in [6.07, 6.45) is 14.0. The van der Waals surface area contributed by atoms with Gasteiger partial charge in [-0.3, -0.25) is 9.59 Å². The fourth-order valence-electron chi connectivity index (χ4n) is 8.49. The highest BCUT2D eigenvalue weighted by molar-refractivity contribution is 5.77. The number of amides is 2. The molecule has 0 aromatic heterocycles. The van der Waals surface area contributed by atoms with Crippen LogP contribution < -0.4 is 0 Å². The van der Waals surface area contributed by atoms with E-state index in [9.17, 15) is 9.59 Å². The molecule has 4 rings (SSSR count). The topological polar surface area (TPSA) is 40.6 Å². The van der Waals surface area contributed by atoms with Crippen molar-refractivity contribution in [2.45, 2.75) is 103 Å². The Hall–Kier alpha value is -1.06. The molecule has 1 aliphatic heterocycles. The van der Waals surface area contributed by atoms with Gasteiger partial charge in [-0.05, 0) is 80.0 Å². The third-order valence-corrected chi connectivity index (χ3v) is 10.1. The molecule has 0 aromatic rings. The molecule has 0 bridgehead atoms. The van der Waals surface area contributed by atoms with Crippen molar-refractivity contribution in [1.82, 2.24) is 9.80 Å². The first-order valence-electron chi connectivity index (χ1n) is 12.3. The summed E-state index contributed by atoms with van der Waals surface area (Å²) in [7, 11) is 2.04. The molecule has 0 spiro atoms. The van der Waals surface area contributed by atoms with Gasteiger partial charge in [-0.25, -0.2) is 0 Å². The van der Waals surface area contributed by atoms with E-state index in [0.29, 0.717) is 18.0 Å². The van der Waals surface area contributed by atoms with Crippen LogP contribution >= 0.6 is 0 Å². The molecule has 29 heavy (non-hydrogen) atoms. The number of carbonyl (C=O) groups is 2. The van der Waals surface area contributed by atoms with Gasteiger partial charge in [0.15, 0.2) is 0 Å². The molecule has 4 nitrogen and oxygen atoms in total. The van der Waals surface area contributed by atoms with E-state index in [1.165, 1.54) is 51.4 Å². The Morgan fingerprint density at radius 2 is 1.79 bits per heavy atom. The molecule has 0 aromatic carbocycles. The Kier molecular flexibility index (Phi) is 5.76. The van der Waals surface area contributed by atoms with Gasteiger partial charge in [-0.2, -0.15) is 0 Å². The highest BCUT2D eigenvalue weighted by Crippen LogP contribution is 2.65. The average Bonchev–Trinajstić information content (AvgIpc) is 3.06. The summed E-state index contributed by atoms with van der Waals surface area (Å²) in [5.41, 5.74) is 0.574. The van der Waals surface area contributed by atoms with Crippen LogP contribution in [-0.2, 0) is 9.59 Å². The molecule has 3 aliphatic carbocycles. The van der Waals surface area contributed by atoms with Gasteiger partial charge < -0.3 is 9.80 Å². The summed E-state index contributed by atoms with van der Waals surface area (Å²) in [5.74, 6) is 2.63. The van der Waals surface area contributed by atoms with Gasteiger partial charge >= 0.3 is 0 Å². The predicted molar refractivity (Wildman–Crippen MR) is 116 cm³/mol. The molecule has 0 radical (unpaired) electrons. The molecule has 7 atom stereocenters. The standard InChI is InChI=1S/C25H42N2O2/c1-5-6-7-16-27(17-28)22-11-9-19-18-8-10-21-24(2,15-13-23(29)26(21)4)20(18)12-14-25(19,22)3/h17-22H,5-16H2,1-4H3/t18-,19-,20+,21?,22?,24+,25-/m0/s1. The Morgan fingerprint density at radius 3 is 2.52 bits per heavy atom. The minimum Gasteiger partial charge on any atom is -0.342 e. The van der Waals surface area contributed by atoms with Crippen LogP contribution in [0.1, 0.15) is 91.4 Å². The number of likely N-dealkylation sites (tertiary alicyclic amines) is 1. The lowest BCUT2D eigenvalue weighted by atomic mass is 9.47. The second kappa shape index (κ2) is 7.89. The molecule has 3 saturated carbocycles. The second-order valence-corrected chi connectivity index (χ2v) is 11.2. The first-order chi connectivity index (χ1) is 13.9. The van der Waals surface area contributed by atoms with Crippen LogP contribution in [0.25, 0.3) is 0 Å². The monoisotopic (exact) mass is 402 g/mol. The minimum absolute atomic E-state index is 0.286. The van der Waals surface area contributed by atoms with E-state index in [-0.39, 0.29) is 10.8 Å². The van der Waals surface area contributed by atoms with Crippen molar-refractivity contribution in [2.75, 3.05) is 13.6 Å². The Labute approximate surface area is 177 Å². The van der Waals surface area contributed by atoms with Gasteiger partial charge in [-0.15, -0.1) is 0 Å². The lowest BCUT2D eigenvalue weighted by molar-refractivity contribution is -0.159. The Morgan fingerprint density at radius 1 is 1.03 bits per heavy atom. The number of unbranched alkanes of at least 4 members (excludes halogenated alkanes) is 2. The van der Waals surface area contributed by atoms with Crippen LogP contribution in [0.4, 0.5) is 0 Å². The van der Waals surface area contributed by atoms with E-state index in [2.05, 4.69) is 30.6 Å². The third kappa shape index (κ3) is 3.24. The lowest BCUT2D eigenvalue weighted by Gasteiger charge is -2.62. The van der Waals surface area contributed by atoms with Crippen molar-refractivity contribution >= 4 is 12.3 Å². The fraction of sp³-hybridized carbons (Fsp3) is 0.920. The van der Waals surface area contributed by atoms with Gasteiger partial charge in [0.05, 0.1) is 0 Å². The molecule has 0 N–H and O–H groups in total. The second-order valence-electron chi connectivity index (χ2n) is 11.2. The summed E-state index contributed by atoms with van der Waals surface area (Å²) >= 11 is 0. The summed E-state index contributed by atoms with van der Waals surface area (Å²) in [4.78, 5) is 28.6. The zero-order valence-corrected chi connectivity index (χ0v) is 19.2. The van der Waals surface area contributed by atoms with Crippen LogP contribution in [0.3, 0.4) is 0 Å². The Bertz CT molecular complexity index is 636. The molecule has 2 unspecified atom stereocenters. The molecule has 164 valence electrons. The number of hydrogen-bond acceptors (Lipinski definition) is 2. The summed E-state index contributed by atoms with van der Waals surface area (Å²) in [5, 5.41) is 0. The quantitative estimate of drug-likeness (QED) is 0.470. The molecular weight excluding hydrogens is 360 g/mol. The minimum atomic E-state index is 0.286. The number of carbonyl (C=O) groups excluding carboxylic acids is 2. The number of rotatable bonds is 6. The predicted octanol–water partition coefficient (Wildman–Crippen LogP) is 4.87. The molecule has 1 saturated heterocycles. The van der Waals surface area contributed by atoms with E-state index in [4.69, 9.17) is 0 Å². The van der Waals surface area contributed by atoms with Crippen molar-refractivity contribution in [3.63, 3.8) is 0 Å². The normalized spacial score (nSPS) is 44.1. The van der Waals surface area contributed by atoms with Crippen LogP contribution in [0, 0.1) is 28.6 Å². The number of fused-ring (bicyclic) bond motifs is 5. The molecule has 4 aliphatic rings. The average molecular weight is 403 g/mol. The van der Waals surface area contributed by atoms with E-state index in [1.807, 2.05) is 7.05 Å². The first-order valence-corrected chi connectivity index (χ1v) is 12.3. The van der Waals surface area contributed by atoms with Crippen molar-refractivity contribution in [2.24, 2.45) is 28.6 Å². The van der Waals surface area contributed by atoms with Crippen LogP contribution in [0.2, 0.25) is 0 Å². The molecular formula is C25H42N2O2. The van der Waals surface area contributed by atoms with Gasteiger partial charge in [0.2, 0.25) is 12.3 Å². The lowest BCUT2D eigenvalue weighted by Crippen LogP contribution is -2.62. The summed E-state index contributed by atoms with van der Waals surface area (Å²) < 4.78 is 0. The largest absolute Gasteiger partial charge is 0.342 e. The Balaban J connectivity index is 1.53. The smallest absolute Gasteiger partial charge is 0.222 e. The van der Waals surface area contributed by atoms with Crippen molar-refractivity contribution in [3.8, 4) is 0 Å². The van der Waals surface area contributed by atoms with Gasteiger partial charge in [0.25, 0.3) is 0 Å².